The molecule has 114 valence electrons. The third kappa shape index (κ3) is 2.92. The lowest BCUT2D eigenvalue weighted by molar-refractivity contribution is 0.299. The molecule has 0 bridgehead atoms. The Morgan fingerprint density at radius 3 is 2.91 bits per heavy atom. The first-order chi connectivity index (χ1) is 10.6. The van der Waals surface area contributed by atoms with E-state index in [1.165, 1.54) is 0 Å². The van der Waals surface area contributed by atoms with E-state index in [-0.39, 0.29) is 11.9 Å². The van der Waals surface area contributed by atoms with Gasteiger partial charge in [0.2, 0.25) is 5.28 Å². The highest BCUT2D eigenvalue weighted by Crippen LogP contribution is 2.22. The van der Waals surface area contributed by atoms with E-state index in [9.17, 15) is 0 Å². The number of fused-ring (bicyclic) bond motifs is 1. The van der Waals surface area contributed by atoms with Gasteiger partial charge in [-0.3, -0.25) is 0 Å². The third-order valence-corrected chi connectivity index (χ3v) is 4.26. The van der Waals surface area contributed by atoms with Crippen LogP contribution in [-0.4, -0.2) is 31.5 Å². The van der Waals surface area contributed by atoms with Crippen LogP contribution in [0.5, 0.6) is 0 Å². The predicted molar refractivity (Wildman–Crippen MR) is 88.8 cm³/mol. The molecule has 0 radical (unpaired) electrons. The molecule has 22 heavy (non-hydrogen) atoms. The highest BCUT2D eigenvalue weighted by atomic mass is 79.9. The zero-order valence-electron chi connectivity index (χ0n) is 11.5. The van der Waals surface area contributed by atoms with Crippen molar-refractivity contribution in [3.8, 4) is 0 Å². The largest absolute Gasteiger partial charge is 0.396 e. The van der Waals surface area contributed by atoms with E-state index < -0.39 is 0 Å². The first kappa shape index (κ1) is 15.2. The number of nitrogens with zero attached hydrogens (tertiary/aromatic N) is 4. The number of halogens is 2. The molecule has 0 aliphatic heterocycles. The van der Waals surface area contributed by atoms with Crippen LogP contribution in [0.2, 0.25) is 5.28 Å². The molecule has 0 atom stereocenters. The minimum Gasteiger partial charge on any atom is -0.396 e. The molecule has 2 heterocycles. The van der Waals surface area contributed by atoms with Gasteiger partial charge in [-0.15, -0.1) is 0 Å². The van der Waals surface area contributed by atoms with Crippen molar-refractivity contribution in [3.63, 3.8) is 0 Å². The van der Waals surface area contributed by atoms with E-state index in [2.05, 4.69) is 31.0 Å². The van der Waals surface area contributed by atoms with Gasteiger partial charge >= 0.3 is 0 Å². The lowest BCUT2D eigenvalue weighted by Gasteiger charge is -2.08. The van der Waals surface area contributed by atoms with Crippen molar-refractivity contribution in [1.29, 1.82) is 0 Å². The number of nitrogens with two attached hydrogens (primary N) is 1. The third-order valence-electron chi connectivity index (χ3n) is 3.32. The summed E-state index contributed by atoms with van der Waals surface area (Å²) in [6, 6.07) is 5.98. The van der Waals surface area contributed by atoms with Gasteiger partial charge in [-0.1, -0.05) is 28.1 Å². The minimum atomic E-state index is 0.100. The topological polar surface area (TPSA) is 89.9 Å². The van der Waals surface area contributed by atoms with Crippen molar-refractivity contribution in [2.24, 2.45) is 0 Å². The molecule has 0 unspecified atom stereocenters. The summed E-state index contributed by atoms with van der Waals surface area (Å²) in [5.74, 6) is 0.318. The molecule has 3 aromatic rings. The highest BCUT2D eigenvalue weighted by Gasteiger charge is 2.11. The Hall–Kier alpha value is -1.70. The van der Waals surface area contributed by atoms with Crippen LogP contribution in [0.1, 0.15) is 11.1 Å². The van der Waals surface area contributed by atoms with Gasteiger partial charge < -0.3 is 10.8 Å². The Morgan fingerprint density at radius 2 is 2.14 bits per heavy atom. The summed E-state index contributed by atoms with van der Waals surface area (Å²) in [4.78, 5) is 8.11. The summed E-state index contributed by atoms with van der Waals surface area (Å²) >= 11 is 9.35. The van der Waals surface area contributed by atoms with Gasteiger partial charge in [0.1, 0.15) is 5.82 Å². The second-order valence-corrected chi connectivity index (χ2v) is 6.01. The van der Waals surface area contributed by atoms with Crippen LogP contribution in [-0.2, 0) is 13.0 Å². The van der Waals surface area contributed by atoms with Crippen molar-refractivity contribution in [3.05, 3.63) is 45.3 Å². The van der Waals surface area contributed by atoms with Crippen LogP contribution in [0.3, 0.4) is 0 Å². The molecule has 1 aromatic carbocycles. The number of aliphatic hydroxyl groups excluding tert-OH is 1. The maximum atomic E-state index is 9.11. The van der Waals surface area contributed by atoms with Crippen molar-refractivity contribution in [1.82, 2.24) is 19.7 Å². The number of rotatable bonds is 4. The van der Waals surface area contributed by atoms with Crippen molar-refractivity contribution in [2.45, 2.75) is 13.0 Å². The van der Waals surface area contributed by atoms with Crippen LogP contribution in [0.4, 0.5) is 5.82 Å². The first-order valence-electron chi connectivity index (χ1n) is 6.61. The van der Waals surface area contributed by atoms with Crippen LogP contribution in [0.25, 0.3) is 11.0 Å². The number of aromatic nitrogens is 4. The quantitative estimate of drug-likeness (QED) is 0.676. The van der Waals surface area contributed by atoms with Crippen LogP contribution in [0, 0.1) is 0 Å². The lowest BCUT2D eigenvalue weighted by atomic mass is 10.1. The van der Waals surface area contributed by atoms with Gasteiger partial charge in [0, 0.05) is 11.1 Å². The molecule has 0 saturated carbocycles. The summed E-state index contributed by atoms with van der Waals surface area (Å²) in [6.45, 7) is 0.633. The molecule has 3 N–H and O–H groups in total. The SMILES string of the molecule is Nc1nc(Cl)nc2c1cnn2Cc1ccc(Br)c(CCO)c1. The number of nitrogen functional groups attached to an aromatic ring is 1. The van der Waals surface area contributed by atoms with E-state index in [0.717, 1.165) is 15.6 Å². The molecule has 8 heteroatoms. The molecule has 2 aromatic heterocycles. The highest BCUT2D eigenvalue weighted by molar-refractivity contribution is 9.10. The number of benzene rings is 1. The van der Waals surface area contributed by atoms with Crippen molar-refractivity contribution >= 4 is 44.4 Å². The number of hydrogen-bond acceptors (Lipinski definition) is 5. The number of anilines is 1. The molecular formula is C14H13BrClN5O. The number of hydrogen-bond donors (Lipinski definition) is 2. The van der Waals surface area contributed by atoms with Gasteiger partial charge in [0.15, 0.2) is 5.65 Å². The zero-order chi connectivity index (χ0) is 15.7. The Morgan fingerprint density at radius 1 is 1.32 bits per heavy atom. The monoisotopic (exact) mass is 381 g/mol. The zero-order valence-corrected chi connectivity index (χ0v) is 13.8. The Kier molecular flexibility index (Phi) is 4.28. The fraction of sp³-hybridized carbons (Fsp3) is 0.214. The molecule has 0 amide bonds. The normalized spacial score (nSPS) is 11.2. The van der Waals surface area contributed by atoms with E-state index in [4.69, 9.17) is 22.4 Å². The van der Waals surface area contributed by atoms with E-state index in [1.807, 2.05) is 18.2 Å². The molecule has 6 nitrogen and oxygen atoms in total. The summed E-state index contributed by atoms with van der Waals surface area (Å²) in [5, 5.41) is 14.2. The fourth-order valence-electron chi connectivity index (χ4n) is 2.28. The van der Waals surface area contributed by atoms with E-state index >= 15 is 0 Å². The molecule has 0 saturated heterocycles. The van der Waals surface area contributed by atoms with E-state index in [1.54, 1.807) is 10.9 Å². The maximum absolute atomic E-state index is 9.11. The van der Waals surface area contributed by atoms with Gasteiger partial charge in [0.05, 0.1) is 18.1 Å². The van der Waals surface area contributed by atoms with E-state index in [0.29, 0.717) is 29.8 Å². The Balaban J connectivity index is 1.98. The molecule has 3 rings (SSSR count). The molecular weight excluding hydrogens is 370 g/mol. The maximum Gasteiger partial charge on any atom is 0.226 e. The molecule has 0 fully saturated rings. The number of aliphatic hydroxyl groups is 1. The summed E-state index contributed by atoms with van der Waals surface area (Å²) in [7, 11) is 0. The van der Waals surface area contributed by atoms with Gasteiger partial charge in [0.25, 0.3) is 0 Å². The minimum absolute atomic E-state index is 0.100. The van der Waals surface area contributed by atoms with Crippen LogP contribution >= 0.6 is 27.5 Å². The standard InChI is InChI=1S/C14H13BrClN5O/c15-11-2-1-8(5-9(11)3-4-22)7-21-13-10(6-18-21)12(17)19-14(16)20-13/h1-2,5-6,22H,3-4,7H2,(H2,17,19,20). The van der Waals surface area contributed by atoms with Gasteiger partial charge in [-0.25, -0.2) is 9.67 Å². The van der Waals surface area contributed by atoms with Gasteiger partial charge in [-0.2, -0.15) is 10.1 Å². The summed E-state index contributed by atoms with van der Waals surface area (Å²) in [6.07, 6.45) is 2.23. The van der Waals surface area contributed by atoms with Crippen molar-refractivity contribution in [2.75, 3.05) is 12.3 Å². The lowest BCUT2D eigenvalue weighted by Crippen LogP contribution is -2.05. The second kappa shape index (κ2) is 6.20. The first-order valence-corrected chi connectivity index (χ1v) is 7.78. The average Bonchev–Trinajstić information content (AvgIpc) is 2.86. The smallest absolute Gasteiger partial charge is 0.226 e. The molecule has 0 aliphatic rings. The van der Waals surface area contributed by atoms with Crippen LogP contribution < -0.4 is 5.73 Å². The Bertz CT molecular complexity index is 835. The van der Waals surface area contributed by atoms with Crippen LogP contribution in [0.15, 0.2) is 28.9 Å². The summed E-state index contributed by atoms with van der Waals surface area (Å²) in [5.41, 5.74) is 8.52. The predicted octanol–water partition coefficient (Wildman–Crippen LogP) is 2.41. The average molecular weight is 383 g/mol. The molecule has 0 aliphatic carbocycles. The van der Waals surface area contributed by atoms with Crippen molar-refractivity contribution < 1.29 is 5.11 Å². The summed E-state index contributed by atoms with van der Waals surface area (Å²) < 4.78 is 2.70. The second-order valence-electron chi connectivity index (χ2n) is 4.82. The molecule has 0 spiro atoms. The Labute approximate surface area is 140 Å². The fourth-order valence-corrected chi connectivity index (χ4v) is 2.89. The van der Waals surface area contributed by atoms with Gasteiger partial charge in [-0.05, 0) is 35.2 Å².